The first-order chi connectivity index (χ1) is 17.7. The molecule has 2 N–H and O–H groups in total. The van der Waals surface area contributed by atoms with Crippen LogP contribution in [0.15, 0.2) is 21.0 Å². The number of likely N-dealkylation sites (tertiary alicyclic amines) is 2. The third-order valence-electron chi connectivity index (χ3n) is 7.16. The molecule has 0 saturated carbocycles. The molecule has 0 bridgehead atoms. The van der Waals surface area contributed by atoms with Crippen molar-refractivity contribution in [1.82, 2.24) is 20.0 Å². The van der Waals surface area contributed by atoms with Crippen molar-refractivity contribution in [2.45, 2.75) is 63.1 Å². The number of hydrogen-bond acceptors (Lipinski definition) is 7. The molecule has 3 aliphatic rings. The number of alkyl halides is 3. The zero-order valence-electron chi connectivity index (χ0n) is 20.8. The summed E-state index contributed by atoms with van der Waals surface area (Å²) in [7, 11) is 1.63. The van der Waals surface area contributed by atoms with Crippen LogP contribution in [0.1, 0.15) is 38.2 Å². The normalized spacial score (nSPS) is 27.7. The van der Waals surface area contributed by atoms with E-state index in [1.807, 2.05) is 10.00 Å². The number of aliphatic hydroxyl groups excluding tert-OH is 1. The third-order valence-corrected chi connectivity index (χ3v) is 7.16. The van der Waals surface area contributed by atoms with Gasteiger partial charge in [-0.05, 0) is 26.2 Å². The fourth-order valence-electron chi connectivity index (χ4n) is 5.45. The smallest absolute Gasteiger partial charge is 0.389 e. The summed E-state index contributed by atoms with van der Waals surface area (Å²) < 4.78 is 46.6. The number of nitrogens with zero attached hydrogens (tertiary/aromatic N) is 6. The Labute approximate surface area is 212 Å². The number of piperidine rings is 1. The topological polar surface area (TPSA) is 127 Å². The van der Waals surface area contributed by atoms with Gasteiger partial charge < -0.3 is 24.5 Å². The van der Waals surface area contributed by atoms with Gasteiger partial charge in [0.05, 0.1) is 36.7 Å². The van der Waals surface area contributed by atoms with Crippen LogP contribution in [-0.4, -0.2) is 107 Å². The summed E-state index contributed by atoms with van der Waals surface area (Å²) in [6, 6.07) is -0.785. The molecule has 3 aliphatic heterocycles. The van der Waals surface area contributed by atoms with Crippen LogP contribution in [0.4, 0.5) is 18.9 Å². The van der Waals surface area contributed by atoms with Crippen LogP contribution < -0.4 is 10.5 Å². The first-order valence-electron chi connectivity index (χ1n) is 12.4. The van der Waals surface area contributed by atoms with Gasteiger partial charge in [0.1, 0.15) is 11.7 Å². The molecule has 0 aromatic carbocycles. The molecule has 4 atom stereocenters. The number of aromatic nitrogens is 2. The van der Waals surface area contributed by atoms with E-state index in [-0.39, 0.29) is 24.2 Å². The number of H-pyrrole nitrogens is 1. The summed E-state index contributed by atoms with van der Waals surface area (Å²) in [6.45, 7) is 3.46. The molecule has 0 unspecified atom stereocenters. The van der Waals surface area contributed by atoms with Crippen molar-refractivity contribution in [1.29, 1.82) is 0 Å². The van der Waals surface area contributed by atoms with Crippen molar-refractivity contribution >= 4 is 23.8 Å². The molecule has 3 saturated heterocycles. The Balaban J connectivity index is 1.37. The van der Waals surface area contributed by atoms with Gasteiger partial charge >= 0.3 is 6.18 Å². The maximum atomic E-state index is 13.6. The highest BCUT2D eigenvalue weighted by Crippen LogP contribution is 2.36. The molecule has 1 aromatic rings. The van der Waals surface area contributed by atoms with E-state index in [0.29, 0.717) is 57.8 Å². The van der Waals surface area contributed by atoms with Gasteiger partial charge in [0.25, 0.3) is 11.5 Å². The number of halogens is 3. The average molecular weight is 528 g/mol. The first-order valence-corrected chi connectivity index (χ1v) is 12.4. The molecule has 0 aliphatic carbocycles. The van der Waals surface area contributed by atoms with Crippen LogP contribution in [0.3, 0.4) is 0 Å². The van der Waals surface area contributed by atoms with Crippen molar-refractivity contribution in [3.8, 4) is 0 Å². The summed E-state index contributed by atoms with van der Waals surface area (Å²) in [6.07, 6.45) is -1.53. The number of aliphatic imine (C=N–C) groups is 2. The predicted molar refractivity (Wildman–Crippen MR) is 130 cm³/mol. The second-order valence-corrected chi connectivity index (χ2v) is 9.37. The van der Waals surface area contributed by atoms with E-state index in [2.05, 4.69) is 15.1 Å². The molecular formula is C23H32F3N7O4. The Bertz CT molecular complexity index is 1090. The van der Waals surface area contributed by atoms with Gasteiger partial charge in [-0.3, -0.25) is 14.6 Å². The van der Waals surface area contributed by atoms with Crippen LogP contribution >= 0.6 is 0 Å². The number of ether oxygens (including phenoxy) is 1. The highest BCUT2D eigenvalue weighted by molar-refractivity contribution is 5.87. The van der Waals surface area contributed by atoms with E-state index in [0.717, 1.165) is 6.20 Å². The van der Waals surface area contributed by atoms with Crippen molar-refractivity contribution in [2.24, 2.45) is 9.98 Å². The predicted octanol–water partition coefficient (Wildman–Crippen LogP) is 0.887. The van der Waals surface area contributed by atoms with Crippen LogP contribution in [0.25, 0.3) is 0 Å². The van der Waals surface area contributed by atoms with Crippen molar-refractivity contribution < 1.29 is 27.8 Å². The largest absolute Gasteiger partial charge is 0.423 e. The summed E-state index contributed by atoms with van der Waals surface area (Å²) in [5.74, 6) is 0.297. The van der Waals surface area contributed by atoms with Crippen LogP contribution in [-0.2, 0) is 15.7 Å². The number of aromatic amines is 1. The molecule has 37 heavy (non-hydrogen) atoms. The number of anilines is 1. The molecular weight excluding hydrogens is 495 g/mol. The summed E-state index contributed by atoms with van der Waals surface area (Å²) >= 11 is 0. The van der Waals surface area contributed by atoms with E-state index in [9.17, 15) is 27.9 Å². The molecule has 14 heteroatoms. The zero-order valence-corrected chi connectivity index (χ0v) is 20.8. The number of aliphatic hydroxyl groups is 1. The zero-order chi connectivity index (χ0) is 26.7. The second-order valence-electron chi connectivity index (χ2n) is 9.37. The van der Waals surface area contributed by atoms with Crippen molar-refractivity contribution in [3.05, 3.63) is 22.1 Å². The number of hydrogen-bond donors (Lipinski definition) is 2. The van der Waals surface area contributed by atoms with E-state index in [4.69, 9.17) is 4.74 Å². The lowest BCUT2D eigenvalue weighted by Gasteiger charge is -2.40. The fraction of sp³-hybridized carbons (Fsp3) is 0.696. The summed E-state index contributed by atoms with van der Waals surface area (Å²) in [5, 5.41) is 16.2. The molecule has 1 amide bonds. The maximum Gasteiger partial charge on any atom is 0.423 e. The number of rotatable bonds is 5. The van der Waals surface area contributed by atoms with Gasteiger partial charge in [-0.25, -0.2) is 10.1 Å². The molecule has 4 heterocycles. The first kappa shape index (κ1) is 27.0. The maximum absolute atomic E-state index is 13.6. The monoisotopic (exact) mass is 527 g/mol. The van der Waals surface area contributed by atoms with Gasteiger partial charge in [-0.15, -0.1) is 0 Å². The van der Waals surface area contributed by atoms with Crippen molar-refractivity contribution in [3.63, 3.8) is 0 Å². The lowest BCUT2D eigenvalue weighted by Crippen LogP contribution is -2.56. The number of amides is 1. The van der Waals surface area contributed by atoms with E-state index < -0.39 is 35.5 Å². The van der Waals surface area contributed by atoms with Crippen LogP contribution in [0.2, 0.25) is 0 Å². The highest BCUT2D eigenvalue weighted by Gasteiger charge is 2.43. The Hall–Kier alpha value is -3.00. The van der Waals surface area contributed by atoms with E-state index in [1.54, 1.807) is 25.1 Å². The SMILES string of the molecule is CC=NC(=NC)N1CC[C@@H](N2CC[C@@H](OC[C@@H]3CCCN3c3cn[nH]c(=O)c3C(F)(F)F)C2=O)[C@H](O)C1. The Morgan fingerprint density at radius 3 is 2.70 bits per heavy atom. The summed E-state index contributed by atoms with van der Waals surface area (Å²) in [5.41, 5.74) is -2.85. The average Bonchev–Trinajstić information content (AvgIpc) is 3.46. The minimum Gasteiger partial charge on any atom is -0.389 e. The third kappa shape index (κ3) is 5.64. The van der Waals surface area contributed by atoms with E-state index in [1.165, 1.54) is 4.90 Å². The molecule has 204 valence electrons. The Morgan fingerprint density at radius 2 is 2.03 bits per heavy atom. The van der Waals surface area contributed by atoms with E-state index >= 15 is 0 Å². The standard InChI is InChI=1S/C23H32F3N7O4/c1-3-28-22(27-2)31-9-6-15(17(34)12-31)33-10-7-18(21(33)36)37-13-14-5-4-8-32(14)16-11-29-30-20(35)19(16)23(24,25)26/h3,11,14-15,17-18,34H,4-10,12-13H2,1-2H3,(H,30,35)/t14-,15+,17+,18+/m0/s1. The quantitative estimate of drug-likeness (QED) is 0.430. The van der Waals surface area contributed by atoms with Gasteiger partial charge in [0, 0.05) is 45.9 Å². The van der Waals surface area contributed by atoms with Crippen molar-refractivity contribution in [2.75, 3.05) is 44.7 Å². The number of carbonyl (C=O) groups is 1. The lowest BCUT2D eigenvalue weighted by atomic mass is 10.0. The molecule has 0 spiro atoms. The number of guanidine groups is 1. The fourth-order valence-corrected chi connectivity index (χ4v) is 5.45. The van der Waals surface area contributed by atoms with Crippen LogP contribution in [0, 0.1) is 0 Å². The Kier molecular flexibility index (Phi) is 8.17. The second kappa shape index (κ2) is 11.2. The molecule has 1 aromatic heterocycles. The van der Waals surface area contributed by atoms with Gasteiger partial charge in [-0.2, -0.15) is 18.3 Å². The van der Waals surface area contributed by atoms with Gasteiger partial charge in [0.2, 0.25) is 5.96 Å². The number of β-amino-alcohol motifs (C(OH)–C–C–N with tert-alkyl or cyclic N) is 1. The summed E-state index contributed by atoms with van der Waals surface area (Å²) in [4.78, 5) is 38.4. The minimum atomic E-state index is -4.83. The lowest BCUT2D eigenvalue weighted by molar-refractivity contribution is -0.142. The Morgan fingerprint density at radius 1 is 1.24 bits per heavy atom. The number of nitrogens with one attached hydrogen (secondary N) is 1. The number of carbonyl (C=O) groups excluding carboxylic acids is 1. The highest BCUT2D eigenvalue weighted by atomic mass is 19.4. The van der Waals surface area contributed by atoms with Gasteiger partial charge in [-0.1, -0.05) is 0 Å². The molecule has 4 rings (SSSR count). The van der Waals surface area contributed by atoms with Gasteiger partial charge in [0.15, 0.2) is 0 Å². The molecule has 3 fully saturated rings. The minimum absolute atomic E-state index is 0.0423. The van der Waals surface area contributed by atoms with Crippen LogP contribution in [0.5, 0.6) is 0 Å². The molecule has 0 radical (unpaired) electrons. The molecule has 11 nitrogen and oxygen atoms in total.